The van der Waals surface area contributed by atoms with Crippen LogP contribution < -0.4 is 10.6 Å². The molecular formula is C10H11BrN2O. The summed E-state index contributed by atoms with van der Waals surface area (Å²) in [5, 5.41) is 0. The lowest BCUT2D eigenvalue weighted by molar-refractivity contribution is -0.117. The summed E-state index contributed by atoms with van der Waals surface area (Å²) in [6, 6.07) is 7.66. The number of amides is 1. The third-order valence-corrected chi connectivity index (χ3v) is 2.82. The number of nitrogens with zero attached hydrogens (tertiary/aromatic N) is 1. The maximum absolute atomic E-state index is 11.5. The topological polar surface area (TPSA) is 46.3 Å². The minimum absolute atomic E-state index is 0.0221. The van der Waals surface area contributed by atoms with Gasteiger partial charge in [-0.25, -0.2) is 0 Å². The fourth-order valence-corrected chi connectivity index (χ4v) is 1.87. The molecule has 0 spiro atoms. The van der Waals surface area contributed by atoms with Crippen LogP contribution in [-0.4, -0.2) is 18.5 Å². The van der Waals surface area contributed by atoms with Crippen molar-refractivity contribution >= 4 is 27.5 Å². The van der Waals surface area contributed by atoms with Crippen LogP contribution in [0.2, 0.25) is 0 Å². The lowest BCUT2D eigenvalue weighted by Gasteiger charge is -2.15. The number of hydrogen-bond donors (Lipinski definition) is 1. The zero-order chi connectivity index (χ0) is 10.1. The normalized spacial score (nSPS) is 21.7. The van der Waals surface area contributed by atoms with E-state index in [4.69, 9.17) is 5.73 Å². The molecule has 1 amide bonds. The van der Waals surface area contributed by atoms with Gasteiger partial charge in [0.2, 0.25) is 5.91 Å². The molecule has 1 aromatic rings. The maximum atomic E-state index is 11.5. The number of nitrogens with two attached hydrogens (primary N) is 1. The molecular weight excluding hydrogens is 244 g/mol. The number of halogens is 1. The monoisotopic (exact) mass is 254 g/mol. The molecule has 74 valence electrons. The standard InChI is InChI=1S/C10H11BrN2O/c11-7-1-3-9(4-2-7)13-6-8(12)5-10(13)14/h1-4,8H,5-6,12H2/t8-/m0/s1. The van der Waals surface area contributed by atoms with Gasteiger partial charge in [0.25, 0.3) is 0 Å². The minimum Gasteiger partial charge on any atom is -0.326 e. The van der Waals surface area contributed by atoms with E-state index in [0.29, 0.717) is 13.0 Å². The first-order valence-corrected chi connectivity index (χ1v) is 5.27. The van der Waals surface area contributed by atoms with Crippen molar-refractivity contribution in [3.63, 3.8) is 0 Å². The first kappa shape index (κ1) is 9.68. The fraction of sp³-hybridized carbons (Fsp3) is 0.300. The van der Waals surface area contributed by atoms with Crippen molar-refractivity contribution in [2.24, 2.45) is 5.73 Å². The smallest absolute Gasteiger partial charge is 0.228 e. The van der Waals surface area contributed by atoms with Gasteiger partial charge in [0.1, 0.15) is 0 Å². The van der Waals surface area contributed by atoms with Gasteiger partial charge in [-0.1, -0.05) is 15.9 Å². The van der Waals surface area contributed by atoms with E-state index in [1.165, 1.54) is 0 Å². The molecule has 1 fully saturated rings. The van der Waals surface area contributed by atoms with Gasteiger partial charge in [0.15, 0.2) is 0 Å². The van der Waals surface area contributed by atoms with Gasteiger partial charge < -0.3 is 10.6 Å². The number of benzene rings is 1. The Morgan fingerprint density at radius 1 is 1.36 bits per heavy atom. The van der Waals surface area contributed by atoms with E-state index in [0.717, 1.165) is 10.2 Å². The third-order valence-electron chi connectivity index (χ3n) is 2.29. The van der Waals surface area contributed by atoms with Crippen LogP contribution in [-0.2, 0) is 4.79 Å². The largest absolute Gasteiger partial charge is 0.326 e. The minimum atomic E-state index is -0.0221. The van der Waals surface area contributed by atoms with E-state index < -0.39 is 0 Å². The van der Waals surface area contributed by atoms with Crippen LogP contribution in [0, 0.1) is 0 Å². The van der Waals surface area contributed by atoms with E-state index in [-0.39, 0.29) is 11.9 Å². The maximum Gasteiger partial charge on any atom is 0.228 e. The van der Waals surface area contributed by atoms with E-state index in [1.54, 1.807) is 4.90 Å². The summed E-state index contributed by atoms with van der Waals surface area (Å²) >= 11 is 3.35. The van der Waals surface area contributed by atoms with Gasteiger partial charge >= 0.3 is 0 Å². The molecule has 2 rings (SSSR count). The van der Waals surface area contributed by atoms with E-state index in [2.05, 4.69) is 15.9 Å². The van der Waals surface area contributed by atoms with Gasteiger partial charge in [-0.3, -0.25) is 4.79 Å². The summed E-state index contributed by atoms with van der Waals surface area (Å²) < 4.78 is 1.01. The number of carbonyl (C=O) groups excluding carboxylic acids is 1. The van der Waals surface area contributed by atoms with Gasteiger partial charge in [-0.05, 0) is 24.3 Å². The van der Waals surface area contributed by atoms with E-state index in [1.807, 2.05) is 24.3 Å². The van der Waals surface area contributed by atoms with Gasteiger partial charge in [-0.15, -0.1) is 0 Å². The Morgan fingerprint density at radius 2 is 2.00 bits per heavy atom. The predicted octanol–water partition coefficient (Wildman–Crippen LogP) is 1.51. The lowest BCUT2D eigenvalue weighted by Crippen LogP contribution is -2.27. The lowest BCUT2D eigenvalue weighted by atomic mass is 10.3. The van der Waals surface area contributed by atoms with Crippen LogP contribution in [0.3, 0.4) is 0 Å². The summed E-state index contributed by atoms with van der Waals surface area (Å²) in [7, 11) is 0. The molecule has 0 bridgehead atoms. The van der Waals surface area contributed by atoms with Gasteiger partial charge in [0, 0.05) is 29.2 Å². The van der Waals surface area contributed by atoms with Crippen LogP contribution in [0.4, 0.5) is 5.69 Å². The first-order chi connectivity index (χ1) is 6.66. The quantitative estimate of drug-likeness (QED) is 0.826. The highest BCUT2D eigenvalue weighted by Gasteiger charge is 2.27. The Bertz CT molecular complexity index is 350. The Hall–Kier alpha value is -0.870. The first-order valence-electron chi connectivity index (χ1n) is 4.48. The summed E-state index contributed by atoms with van der Waals surface area (Å²) in [6.07, 6.45) is 0.454. The molecule has 14 heavy (non-hydrogen) atoms. The van der Waals surface area contributed by atoms with Gasteiger partial charge in [0.05, 0.1) is 0 Å². The zero-order valence-corrected chi connectivity index (χ0v) is 9.20. The molecule has 0 radical (unpaired) electrons. The molecule has 3 nitrogen and oxygen atoms in total. The summed E-state index contributed by atoms with van der Waals surface area (Å²) in [4.78, 5) is 13.2. The average Bonchev–Trinajstić information content (AvgIpc) is 2.47. The third kappa shape index (κ3) is 1.81. The Kier molecular flexibility index (Phi) is 2.56. The number of rotatable bonds is 1. The van der Waals surface area contributed by atoms with Crippen LogP contribution >= 0.6 is 15.9 Å². The van der Waals surface area contributed by atoms with Crippen molar-refractivity contribution < 1.29 is 4.79 Å². The molecule has 2 N–H and O–H groups in total. The van der Waals surface area contributed by atoms with Crippen molar-refractivity contribution in [3.8, 4) is 0 Å². The van der Waals surface area contributed by atoms with Crippen LogP contribution in [0.25, 0.3) is 0 Å². The average molecular weight is 255 g/mol. The molecule has 1 atom stereocenters. The summed E-state index contributed by atoms with van der Waals surface area (Å²) in [6.45, 7) is 0.625. The fourth-order valence-electron chi connectivity index (χ4n) is 1.61. The van der Waals surface area contributed by atoms with Crippen molar-refractivity contribution in [1.29, 1.82) is 0 Å². The Morgan fingerprint density at radius 3 is 2.50 bits per heavy atom. The molecule has 4 heteroatoms. The highest BCUT2D eigenvalue weighted by Crippen LogP contribution is 2.22. The van der Waals surface area contributed by atoms with Crippen molar-refractivity contribution in [2.45, 2.75) is 12.5 Å². The summed E-state index contributed by atoms with van der Waals surface area (Å²) in [5.74, 6) is 0.111. The van der Waals surface area contributed by atoms with E-state index in [9.17, 15) is 4.79 Å². The van der Waals surface area contributed by atoms with Crippen molar-refractivity contribution in [3.05, 3.63) is 28.7 Å². The van der Waals surface area contributed by atoms with Crippen LogP contribution in [0.1, 0.15) is 6.42 Å². The van der Waals surface area contributed by atoms with Crippen LogP contribution in [0.15, 0.2) is 28.7 Å². The number of anilines is 1. The molecule has 0 saturated carbocycles. The summed E-state index contributed by atoms with van der Waals surface area (Å²) in [5.41, 5.74) is 6.63. The van der Waals surface area contributed by atoms with E-state index >= 15 is 0 Å². The number of hydrogen-bond acceptors (Lipinski definition) is 2. The second-order valence-corrected chi connectivity index (χ2v) is 4.36. The second-order valence-electron chi connectivity index (χ2n) is 3.44. The molecule has 1 saturated heterocycles. The van der Waals surface area contributed by atoms with Crippen molar-refractivity contribution in [2.75, 3.05) is 11.4 Å². The SMILES string of the molecule is N[C@H]1CC(=O)N(c2ccc(Br)cc2)C1. The number of carbonyl (C=O) groups is 1. The van der Waals surface area contributed by atoms with Crippen LogP contribution in [0.5, 0.6) is 0 Å². The highest BCUT2D eigenvalue weighted by molar-refractivity contribution is 9.10. The van der Waals surface area contributed by atoms with Gasteiger partial charge in [-0.2, -0.15) is 0 Å². The molecule has 1 aliphatic heterocycles. The predicted molar refractivity (Wildman–Crippen MR) is 59.1 cm³/mol. The molecule has 0 aromatic heterocycles. The molecule has 1 heterocycles. The highest BCUT2D eigenvalue weighted by atomic mass is 79.9. The Labute approximate surface area is 91.0 Å². The molecule has 0 aliphatic carbocycles. The Balaban J connectivity index is 2.23. The zero-order valence-electron chi connectivity index (χ0n) is 7.61. The second kappa shape index (κ2) is 3.71. The molecule has 1 aromatic carbocycles. The van der Waals surface area contributed by atoms with Crippen molar-refractivity contribution in [1.82, 2.24) is 0 Å². The molecule has 1 aliphatic rings. The molecule has 0 unspecified atom stereocenters.